The van der Waals surface area contributed by atoms with Crippen molar-refractivity contribution >= 4 is 5.97 Å². The van der Waals surface area contributed by atoms with Crippen LogP contribution in [-0.4, -0.2) is 19.2 Å². The van der Waals surface area contributed by atoms with Gasteiger partial charge >= 0.3 is 5.97 Å². The van der Waals surface area contributed by atoms with E-state index in [-0.39, 0.29) is 6.61 Å². The van der Waals surface area contributed by atoms with Crippen LogP contribution in [0.3, 0.4) is 0 Å². The van der Waals surface area contributed by atoms with E-state index < -0.39 is 5.97 Å². The molecule has 19 heavy (non-hydrogen) atoms. The lowest BCUT2D eigenvalue weighted by atomic mass is 10.2. The Labute approximate surface area is 115 Å². The van der Waals surface area contributed by atoms with Gasteiger partial charge < -0.3 is 9.47 Å². The van der Waals surface area contributed by atoms with Gasteiger partial charge in [0, 0.05) is 13.0 Å². The van der Waals surface area contributed by atoms with Crippen LogP contribution in [0.25, 0.3) is 0 Å². The second-order valence-corrected chi connectivity index (χ2v) is 3.80. The minimum absolute atomic E-state index is 0.00692. The SMILES string of the molecule is C#CCOC(=O)C=C(C)C=CCCCCOC#CC. The molecule has 0 radical (unpaired) electrons. The molecule has 0 aliphatic heterocycles. The topological polar surface area (TPSA) is 35.5 Å². The summed E-state index contributed by atoms with van der Waals surface area (Å²) in [6, 6.07) is 0. The van der Waals surface area contributed by atoms with E-state index in [0.29, 0.717) is 6.61 Å². The summed E-state index contributed by atoms with van der Waals surface area (Å²) in [6.45, 7) is 4.24. The van der Waals surface area contributed by atoms with Crippen molar-refractivity contribution in [1.82, 2.24) is 0 Å². The number of ether oxygens (including phenoxy) is 2. The minimum atomic E-state index is -0.411. The van der Waals surface area contributed by atoms with Gasteiger partial charge in [0.05, 0.1) is 0 Å². The lowest BCUT2D eigenvalue weighted by Gasteiger charge is -1.97. The highest BCUT2D eigenvalue weighted by atomic mass is 16.5. The number of terminal acetylenes is 1. The minimum Gasteiger partial charge on any atom is -0.449 e. The average molecular weight is 260 g/mol. The summed E-state index contributed by atoms with van der Waals surface area (Å²) in [5, 5.41) is 0. The zero-order chi connectivity index (χ0) is 14.3. The van der Waals surface area contributed by atoms with Crippen molar-refractivity contribution in [2.45, 2.75) is 33.1 Å². The highest BCUT2D eigenvalue weighted by molar-refractivity contribution is 5.83. The summed E-state index contributed by atoms with van der Waals surface area (Å²) < 4.78 is 9.76. The van der Waals surface area contributed by atoms with Crippen molar-refractivity contribution in [3.63, 3.8) is 0 Å². The molecular weight excluding hydrogens is 240 g/mol. The molecule has 0 saturated heterocycles. The van der Waals surface area contributed by atoms with E-state index in [9.17, 15) is 4.79 Å². The van der Waals surface area contributed by atoms with Crippen LogP contribution in [0.2, 0.25) is 0 Å². The van der Waals surface area contributed by atoms with Gasteiger partial charge in [-0.3, -0.25) is 0 Å². The number of rotatable bonds is 8. The van der Waals surface area contributed by atoms with Crippen LogP contribution in [0, 0.1) is 24.4 Å². The molecule has 0 aromatic rings. The molecule has 0 atom stereocenters. The first kappa shape index (κ1) is 16.9. The van der Waals surface area contributed by atoms with E-state index in [1.165, 1.54) is 6.08 Å². The van der Waals surface area contributed by atoms with E-state index in [1.54, 1.807) is 6.92 Å². The van der Waals surface area contributed by atoms with Crippen LogP contribution in [0.15, 0.2) is 23.8 Å². The second-order valence-electron chi connectivity index (χ2n) is 3.80. The lowest BCUT2D eigenvalue weighted by Crippen LogP contribution is -2.00. The Hall–Kier alpha value is -2.13. The third kappa shape index (κ3) is 12.1. The largest absolute Gasteiger partial charge is 0.449 e. The molecule has 0 heterocycles. The Morgan fingerprint density at radius 2 is 2.16 bits per heavy atom. The Kier molecular flexibility index (Phi) is 10.9. The van der Waals surface area contributed by atoms with Crippen molar-refractivity contribution in [3.05, 3.63) is 23.8 Å². The number of hydrogen-bond acceptors (Lipinski definition) is 3. The number of carbonyl (C=O) groups excluding carboxylic acids is 1. The average Bonchev–Trinajstić information content (AvgIpc) is 2.39. The Balaban J connectivity index is 3.74. The van der Waals surface area contributed by atoms with E-state index >= 15 is 0 Å². The van der Waals surface area contributed by atoms with E-state index in [0.717, 1.165) is 24.8 Å². The molecule has 0 N–H and O–H groups in total. The number of hydrogen-bond donors (Lipinski definition) is 0. The Morgan fingerprint density at radius 1 is 1.37 bits per heavy atom. The zero-order valence-corrected chi connectivity index (χ0v) is 11.6. The van der Waals surface area contributed by atoms with Gasteiger partial charge in [-0.15, -0.1) is 6.42 Å². The predicted octanol–water partition coefficient (Wildman–Crippen LogP) is 2.83. The number of carbonyl (C=O) groups is 1. The van der Waals surface area contributed by atoms with Crippen LogP contribution >= 0.6 is 0 Å². The van der Waals surface area contributed by atoms with Gasteiger partial charge in [-0.1, -0.05) is 24.0 Å². The molecule has 0 spiro atoms. The second kappa shape index (κ2) is 12.3. The summed E-state index contributed by atoms with van der Waals surface area (Å²) >= 11 is 0. The fraction of sp³-hybridized carbons (Fsp3) is 0.438. The van der Waals surface area contributed by atoms with Crippen molar-refractivity contribution in [3.8, 4) is 24.4 Å². The first-order valence-electron chi connectivity index (χ1n) is 6.19. The Bertz CT molecular complexity index is 414. The summed E-state index contributed by atoms with van der Waals surface area (Å²) in [5.74, 6) is 4.50. The van der Waals surface area contributed by atoms with Crippen molar-refractivity contribution in [1.29, 1.82) is 0 Å². The molecule has 0 fully saturated rings. The van der Waals surface area contributed by atoms with Gasteiger partial charge in [0.15, 0.2) is 6.61 Å². The maximum atomic E-state index is 11.2. The standard InChI is InChI=1S/C16H20O3/c1-4-11-18-13-9-7-6-8-10-15(3)14-16(17)19-12-5-2/h2,8,10,14H,6-7,9,12-13H2,1,3H3. The first-order chi connectivity index (χ1) is 9.20. The fourth-order valence-corrected chi connectivity index (χ4v) is 1.22. The molecule has 0 amide bonds. The fourth-order valence-electron chi connectivity index (χ4n) is 1.22. The predicted molar refractivity (Wildman–Crippen MR) is 75.9 cm³/mol. The van der Waals surface area contributed by atoms with Gasteiger partial charge in [0.25, 0.3) is 0 Å². The van der Waals surface area contributed by atoms with Crippen LogP contribution in [0.4, 0.5) is 0 Å². The van der Waals surface area contributed by atoms with Crippen LogP contribution in [-0.2, 0) is 14.3 Å². The van der Waals surface area contributed by atoms with E-state index in [2.05, 4.69) is 17.9 Å². The summed E-state index contributed by atoms with van der Waals surface area (Å²) in [5.41, 5.74) is 0.843. The molecule has 0 bridgehead atoms. The lowest BCUT2D eigenvalue weighted by molar-refractivity contribution is -0.136. The van der Waals surface area contributed by atoms with Crippen LogP contribution in [0.5, 0.6) is 0 Å². The first-order valence-corrected chi connectivity index (χ1v) is 6.19. The zero-order valence-electron chi connectivity index (χ0n) is 11.6. The van der Waals surface area contributed by atoms with Gasteiger partial charge in [0.1, 0.15) is 12.7 Å². The third-order valence-corrected chi connectivity index (χ3v) is 2.07. The molecule has 0 aliphatic carbocycles. The third-order valence-electron chi connectivity index (χ3n) is 2.07. The number of esters is 1. The summed E-state index contributed by atoms with van der Waals surface area (Å²) in [4.78, 5) is 11.2. The maximum Gasteiger partial charge on any atom is 0.331 e. The van der Waals surface area contributed by atoms with Gasteiger partial charge in [-0.25, -0.2) is 4.79 Å². The van der Waals surface area contributed by atoms with Crippen molar-refractivity contribution in [2.24, 2.45) is 0 Å². The number of unbranched alkanes of at least 4 members (excludes halogenated alkanes) is 2. The Morgan fingerprint density at radius 3 is 2.84 bits per heavy atom. The van der Waals surface area contributed by atoms with Crippen LogP contribution in [0.1, 0.15) is 33.1 Å². The number of allylic oxidation sites excluding steroid dienone is 3. The molecule has 0 aliphatic rings. The molecule has 0 aromatic carbocycles. The molecule has 0 saturated carbocycles. The highest BCUT2D eigenvalue weighted by Gasteiger charge is 1.95. The van der Waals surface area contributed by atoms with Gasteiger partial charge in [-0.05, 0) is 31.8 Å². The van der Waals surface area contributed by atoms with Crippen molar-refractivity contribution < 1.29 is 14.3 Å². The molecule has 102 valence electrons. The van der Waals surface area contributed by atoms with E-state index in [4.69, 9.17) is 15.9 Å². The molecule has 3 nitrogen and oxygen atoms in total. The smallest absolute Gasteiger partial charge is 0.331 e. The van der Waals surface area contributed by atoms with Gasteiger partial charge in [0.2, 0.25) is 0 Å². The molecular formula is C16H20O3. The highest BCUT2D eigenvalue weighted by Crippen LogP contribution is 2.01. The normalized spacial score (nSPS) is 10.5. The monoisotopic (exact) mass is 260 g/mol. The molecule has 3 heteroatoms. The van der Waals surface area contributed by atoms with Crippen LogP contribution < -0.4 is 0 Å². The molecule has 0 rings (SSSR count). The van der Waals surface area contributed by atoms with E-state index in [1.807, 2.05) is 19.1 Å². The summed E-state index contributed by atoms with van der Waals surface area (Å²) in [6.07, 6.45) is 15.8. The molecule has 0 aromatic heterocycles. The summed E-state index contributed by atoms with van der Waals surface area (Å²) in [7, 11) is 0. The molecule has 0 unspecified atom stereocenters. The van der Waals surface area contributed by atoms with Crippen molar-refractivity contribution in [2.75, 3.05) is 13.2 Å². The quantitative estimate of drug-likeness (QED) is 0.221. The maximum absolute atomic E-state index is 11.2. The van der Waals surface area contributed by atoms with Gasteiger partial charge in [-0.2, -0.15) is 0 Å².